The number of esters is 2. The van der Waals surface area contributed by atoms with Crippen LogP contribution in [0.25, 0.3) is 0 Å². The molecule has 0 aliphatic heterocycles. The standard InChI is InChI=1S/C22H20O4/c23-21(25-15-17-8-3-1-4-9-17)19-12-7-13-20(14-19)22(24)26-16-18-10-5-2-6-11-18/h1-10,12-14,18H,11,15-16H2. The van der Waals surface area contributed by atoms with Gasteiger partial charge in [-0.3, -0.25) is 0 Å². The van der Waals surface area contributed by atoms with Gasteiger partial charge in [0.1, 0.15) is 6.61 Å². The maximum Gasteiger partial charge on any atom is 0.338 e. The molecule has 0 heterocycles. The fraction of sp³-hybridized carbons (Fsp3) is 0.182. The molecular weight excluding hydrogens is 328 g/mol. The number of benzene rings is 2. The van der Waals surface area contributed by atoms with Crippen molar-refractivity contribution in [1.29, 1.82) is 0 Å². The van der Waals surface area contributed by atoms with Gasteiger partial charge in [-0.25, -0.2) is 9.59 Å². The maximum atomic E-state index is 12.2. The minimum atomic E-state index is -0.469. The normalized spacial score (nSPS) is 15.5. The van der Waals surface area contributed by atoms with Crippen molar-refractivity contribution in [3.8, 4) is 0 Å². The molecule has 0 amide bonds. The van der Waals surface area contributed by atoms with E-state index >= 15 is 0 Å². The summed E-state index contributed by atoms with van der Waals surface area (Å²) < 4.78 is 10.7. The van der Waals surface area contributed by atoms with Gasteiger partial charge in [0.25, 0.3) is 0 Å². The SMILES string of the molecule is O=C(OCc1ccccc1)c1cccc(C(=O)OCC2C=CC=CC2)c1. The molecule has 0 spiro atoms. The average Bonchev–Trinajstić information content (AvgIpc) is 2.72. The summed E-state index contributed by atoms with van der Waals surface area (Å²) in [5.74, 6) is -0.711. The van der Waals surface area contributed by atoms with E-state index in [-0.39, 0.29) is 12.5 Å². The second kappa shape index (κ2) is 8.81. The Labute approximate surface area is 152 Å². The number of ether oxygens (including phenoxy) is 2. The summed E-state index contributed by atoms with van der Waals surface area (Å²) in [6.07, 6.45) is 8.84. The number of hydrogen-bond donors (Lipinski definition) is 0. The molecule has 0 N–H and O–H groups in total. The quantitative estimate of drug-likeness (QED) is 0.729. The number of hydrogen-bond acceptors (Lipinski definition) is 4. The van der Waals surface area contributed by atoms with Gasteiger partial charge in [0.2, 0.25) is 0 Å². The lowest BCUT2D eigenvalue weighted by Gasteiger charge is -2.13. The summed E-state index contributed by atoms with van der Waals surface area (Å²) in [6, 6.07) is 15.9. The van der Waals surface area contributed by atoms with Crippen LogP contribution in [0.3, 0.4) is 0 Å². The first-order valence-electron chi connectivity index (χ1n) is 8.54. The summed E-state index contributed by atoms with van der Waals surface area (Å²) >= 11 is 0. The third kappa shape index (κ3) is 4.93. The Morgan fingerprint density at radius 1 is 0.885 bits per heavy atom. The van der Waals surface area contributed by atoms with E-state index in [1.807, 2.05) is 54.6 Å². The van der Waals surface area contributed by atoms with Crippen LogP contribution in [0.4, 0.5) is 0 Å². The van der Waals surface area contributed by atoms with E-state index in [1.54, 1.807) is 18.2 Å². The molecule has 0 radical (unpaired) electrons. The fourth-order valence-corrected chi connectivity index (χ4v) is 2.60. The Kier molecular flexibility index (Phi) is 5.99. The molecule has 1 aliphatic carbocycles. The number of carbonyl (C=O) groups excluding carboxylic acids is 2. The van der Waals surface area contributed by atoms with Crippen molar-refractivity contribution >= 4 is 11.9 Å². The van der Waals surface area contributed by atoms with E-state index in [4.69, 9.17) is 9.47 Å². The van der Waals surface area contributed by atoms with Gasteiger partial charge in [0, 0.05) is 5.92 Å². The van der Waals surface area contributed by atoms with Crippen molar-refractivity contribution < 1.29 is 19.1 Å². The Morgan fingerprint density at radius 2 is 1.62 bits per heavy atom. The van der Waals surface area contributed by atoms with E-state index in [1.165, 1.54) is 6.07 Å². The number of carbonyl (C=O) groups is 2. The molecule has 2 aromatic carbocycles. The first-order chi connectivity index (χ1) is 12.7. The molecule has 4 nitrogen and oxygen atoms in total. The van der Waals surface area contributed by atoms with Crippen LogP contribution < -0.4 is 0 Å². The van der Waals surface area contributed by atoms with Gasteiger partial charge in [-0.2, -0.15) is 0 Å². The lowest BCUT2D eigenvalue weighted by molar-refractivity contribution is 0.0464. The van der Waals surface area contributed by atoms with Gasteiger partial charge in [0.05, 0.1) is 17.7 Å². The summed E-state index contributed by atoms with van der Waals surface area (Å²) in [5.41, 5.74) is 1.58. The predicted octanol–water partition coefficient (Wildman–Crippen LogP) is 4.33. The van der Waals surface area contributed by atoms with Crippen LogP contribution in [0, 0.1) is 5.92 Å². The van der Waals surface area contributed by atoms with Crippen LogP contribution in [0.2, 0.25) is 0 Å². The molecule has 2 aromatic rings. The summed E-state index contributed by atoms with van der Waals surface area (Å²) in [4.78, 5) is 24.4. The lowest BCUT2D eigenvalue weighted by Crippen LogP contribution is -2.14. The molecule has 0 aromatic heterocycles. The highest BCUT2D eigenvalue weighted by atomic mass is 16.5. The van der Waals surface area contributed by atoms with E-state index in [0.29, 0.717) is 17.7 Å². The number of allylic oxidation sites excluding steroid dienone is 3. The minimum Gasteiger partial charge on any atom is -0.461 e. The van der Waals surface area contributed by atoms with Gasteiger partial charge in [0.15, 0.2) is 0 Å². The van der Waals surface area contributed by atoms with Crippen molar-refractivity contribution in [2.24, 2.45) is 5.92 Å². The molecule has 26 heavy (non-hydrogen) atoms. The second-order valence-corrected chi connectivity index (χ2v) is 6.05. The molecule has 1 atom stereocenters. The van der Waals surface area contributed by atoms with Gasteiger partial charge >= 0.3 is 11.9 Å². The molecule has 1 aliphatic rings. The Bertz CT molecular complexity index is 821. The van der Waals surface area contributed by atoms with Crippen LogP contribution in [0.5, 0.6) is 0 Å². The van der Waals surface area contributed by atoms with E-state index in [2.05, 4.69) is 0 Å². The van der Waals surface area contributed by atoms with Crippen molar-refractivity contribution in [1.82, 2.24) is 0 Å². The first-order valence-corrected chi connectivity index (χ1v) is 8.54. The monoisotopic (exact) mass is 348 g/mol. The number of rotatable bonds is 6. The highest BCUT2D eigenvalue weighted by Gasteiger charge is 2.14. The zero-order chi connectivity index (χ0) is 18.2. The molecular formula is C22H20O4. The zero-order valence-electron chi connectivity index (χ0n) is 14.3. The zero-order valence-corrected chi connectivity index (χ0v) is 14.3. The molecule has 0 bridgehead atoms. The first kappa shape index (κ1) is 17.7. The van der Waals surface area contributed by atoms with Crippen molar-refractivity contribution in [2.45, 2.75) is 13.0 Å². The van der Waals surface area contributed by atoms with Crippen molar-refractivity contribution in [3.05, 3.63) is 95.6 Å². The highest BCUT2D eigenvalue weighted by molar-refractivity contribution is 5.95. The van der Waals surface area contributed by atoms with Crippen LogP contribution in [-0.4, -0.2) is 18.5 Å². The predicted molar refractivity (Wildman–Crippen MR) is 98.7 cm³/mol. The highest BCUT2D eigenvalue weighted by Crippen LogP contribution is 2.14. The average molecular weight is 348 g/mol. The smallest absolute Gasteiger partial charge is 0.338 e. The van der Waals surface area contributed by atoms with Gasteiger partial charge in [-0.1, -0.05) is 60.7 Å². The Balaban J connectivity index is 1.56. The lowest BCUT2D eigenvalue weighted by atomic mass is 10.0. The second-order valence-electron chi connectivity index (χ2n) is 6.05. The topological polar surface area (TPSA) is 52.6 Å². The van der Waals surface area contributed by atoms with E-state index in [0.717, 1.165) is 12.0 Å². The molecule has 4 heteroatoms. The summed E-state index contributed by atoms with van der Waals surface area (Å²) in [7, 11) is 0. The van der Waals surface area contributed by atoms with Crippen LogP contribution in [0.1, 0.15) is 32.7 Å². The molecule has 3 rings (SSSR count). The van der Waals surface area contributed by atoms with Gasteiger partial charge in [-0.05, 0) is 30.2 Å². The minimum absolute atomic E-state index is 0.190. The van der Waals surface area contributed by atoms with Gasteiger partial charge in [-0.15, -0.1) is 0 Å². The Hall–Kier alpha value is -3.14. The molecule has 132 valence electrons. The summed E-state index contributed by atoms with van der Waals surface area (Å²) in [6.45, 7) is 0.512. The van der Waals surface area contributed by atoms with Gasteiger partial charge < -0.3 is 9.47 Å². The third-order valence-corrected chi connectivity index (χ3v) is 4.04. The maximum absolute atomic E-state index is 12.2. The third-order valence-electron chi connectivity index (χ3n) is 4.04. The van der Waals surface area contributed by atoms with Crippen molar-refractivity contribution in [3.63, 3.8) is 0 Å². The largest absolute Gasteiger partial charge is 0.461 e. The van der Waals surface area contributed by atoms with Crippen molar-refractivity contribution in [2.75, 3.05) is 6.61 Å². The summed E-state index contributed by atoms with van der Waals surface area (Å²) in [5, 5.41) is 0. The van der Waals surface area contributed by atoms with E-state index in [9.17, 15) is 9.59 Å². The van der Waals surface area contributed by atoms with Crippen LogP contribution in [0.15, 0.2) is 78.9 Å². The molecule has 0 fully saturated rings. The molecule has 0 saturated heterocycles. The Morgan fingerprint density at radius 3 is 2.31 bits per heavy atom. The molecule has 1 unspecified atom stereocenters. The molecule has 0 saturated carbocycles. The van der Waals surface area contributed by atoms with E-state index < -0.39 is 11.9 Å². The fourth-order valence-electron chi connectivity index (χ4n) is 2.60. The van der Waals surface area contributed by atoms with Crippen LogP contribution >= 0.6 is 0 Å². The van der Waals surface area contributed by atoms with Crippen LogP contribution in [-0.2, 0) is 16.1 Å².